The van der Waals surface area contributed by atoms with Crippen LogP contribution < -0.4 is 20.3 Å². The average Bonchev–Trinajstić information content (AvgIpc) is 3.50. The standard InChI is InChI=1S/C24H23N7O2/c1-33-20-10-9-18(30-23(32)16-5-3-2-4-6-16)13-19(20)31(24-25-11-12-26-24)22-14-21(27-15-28-22)29-17-7-8-17/h2-6,9-15,17H,7-8H2,1H3,(H,25,26)(H,30,32)(H,27,28,29). The Bertz CT molecular complexity index is 1240. The van der Waals surface area contributed by atoms with Crippen molar-refractivity contribution in [1.29, 1.82) is 0 Å². The minimum absolute atomic E-state index is 0.200. The smallest absolute Gasteiger partial charge is 0.255 e. The maximum absolute atomic E-state index is 12.7. The van der Waals surface area contributed by atoms with Gasteiger partial charge in [0.1, 0.15) is 23.7 Å². The molecule has 1 aliphatic rings. The van der Waals surface area contributed by atoms with Crippen molar-refractivity contribution in [2.24, 2.45) is 0 Å². The van der Waals surface area contributed by atoms with E-state index >= 15 is 0 Å². The van der Waals surface area contributed by atoms with Gasteiger partial charge >= 0.3 is 0 Å². The van der Waals surface area contributed by atoms with Gasteiger partial charge in [0.25, 0.3) is 5.91 Å². The normalized spacial score (nSPS) is 12.8. The molecule has 1 fully saturated rings. The summed E-state index contributed by atoms with van der Waals surface area (Å²) in [6, 6.07) is 16.8. The number of aromatic amines is 1. The Kier molecular flexibility index (Phi) is 5.59. The third-order valence-electron chi connectivity index (χ3n) is 5.22. The second-order valence-corrected chi connectivity index (χ2v) is 7.64. The lowest BCUT2D eigenvalue weighted by Gasteiger charge is -2.24. The Balaban J connectivity index is 1.53. The van der Waals surface area contributed by atoms with Crippen LogP contribution in [0.2, 0.25) is 0 Å². The van der Waals surface area contributed by atoms with Gasteiger partial charge in [-0.25, -0.2) is 15.0 Å². The first kappa shape index (κ1) is 20.5. The quantitative estimate of drug-likeness (QED) is 0.369. The van der Waals surface area contributed by atoms with Crippen molar-refractivity contribution in [1.82, 2.24) is 19.9 Å². The highest BCUT2D eigenvalue weighted by molar-refractivity contribution is 6.04. The predicted molar refractivity (Wildman–Crippen MR) is 126 cm³/mol. The van der Waals surface area contributed by atoms with Crippen LogP contribution in [-0.4, -0.2) is 39.0 Å². The number of benzene rings is 2. The van der Waals surface area contributed by atoms with Crippen LogP contribution in [0.1, 0.15) is 23.2 Å². The van der Waals surface area contributed by atoms with Gasteiger partial charge in [-0.1, -0.05) is 18.2 Å². The van der Waals surface area contributed by atoms with Gasteiger partial charge in [-0.2, -0.15) is 0 Å². The summed E-state index contributed by atoms with van der Waals surface area (Å²) in [6.45, 7) is 0. The monoisotopic (exact) mass is 441 g/mol. The van der Waals surface area contributed by atoms with Crippen LogP contribution in [0.15, 0.2) is 73.3 Å². The molecule has 9 nitrogen and oxygen atoms in total. The molecule has 33 heavy (non-hydrogen) atoms. The number of anilines is 5. The zero-order valence-corrected chi connectivity index (χ0v) is 18.0. The molecule has 2 aromatic carbocycles. The third kappa shape index (κ3) is 4.62. The van der Waals surface area contributed by atoms with Crippen LogP contribution in [-0.2, 0) is 0 Å². The van der Waals surface area contributed by atoms with Gasteiger partial charge < -0.3 is 20.4 Å². The molecule has 0 saturated heterocycles. The van der Waals surface area contributed by atoms with Crippen molar-refractivity contribution in [2.75, 3.05) is 22.6 Å². The van der Waals surface area contributed by atoms with E-state index in [0.717, 1.165) is 18.7 Å². The average molecular weight is 441 g/mol. The van der Waals surface area contributed by atoms with E-state index in [0.29, 0.717) is 40.5 Å². The van der Waals surface area contributed by atoms with Crippen LogP contribution in [0, 0.1) is 0 Å². The lowest BCUT2D eigenvalue weighted by atomic mass is 10.2. The Morgan fingerprint density at radius 2 is 1.94 bits per heavy atom. The number of rotatable bonds is 8. The number of hydrogen-bond donors (Lipinski definition) is 3. The van der Waals surface area contributed by atoms with Crippen molar-refractivity contribution in [3.8, 4) is 5.75 Å². The first-order valence-corrected chi connectivity index (χ1v) is 10.6. The Morgan fingerprint density at radius 3 is 2.67 bits per heavy atom. The molecule has 0 atom stereocenters. The molecule has 1 saturated carbocycles. The molecular formula is C24H23N7O2. The number of nitrogens with zero attached hydrogens (tertiary/aromatic N) is 4. The number of nitrogens with one attached hydrogen (secondary N) is 3. The van der Waals surface area contributed by atoms with Crippen LogP contribution >= 0.6 is 0 Å². The number of carbonyl (C=O) groups excluding carboxylic acids is 1. The summed E-state index contributed by atoms with van der Waals surface area (Å²) < 4.78 is 5.64. The molecule has 0 unspecified atom stereocenters. The lowest BCUT2D eigenvalue weighted by molar-refractivity contribution is 0.102. The highest BCUT2D eigenvalue weighted by atomic mass is 16.5. The summed E-state index contributed by atoms with van der Waals surface area (Å²) in [5, 5.41) is 6.35. The maximum Gasteiger partial charge on any atom is 0.255 e. The van der Waals surface area contributed by atoms with Crippen LogP contribution in [0.3, 0.4) is 0 Å². The van der Waals surface area contributed by atoms with E-state index in [1.165, 1.54) is 6.33 Å². The van der Waals surface area contributed by atoms with Crippen LogP contribution in [0.25, 0.3) is 0 Å². The van der Waals surface area contributed by atoms with Gasteiger partial charge in [-0.15, -0.1) is 0 Å². The minimum atomic E-state index is -0.200. The fourth-order valence-corrected chi connectivity index (χ4v) is 3.45. The van der Waals surface area contributed by atoms with Gasteiger partial charge in [0.15, 0.2) is 0 Å². The molecule has 3 N–H and O–H groups in total. The summed E-state index contributed by atoms with van der Waals surface area (Å²) in [7, 11) is 1.60. The van der Waals surface area contributed by atoms with Crippen LogP contribution in [0.5, 0.6) is 5.75 Å². The Labute approximate surface area is 190 Å². The van der Waals surface area contributed by atoms with Crippen molar-refractivity contribution >= 4 is 34.9 Å². The summed E-state index contributed by atoms with van der Waals surface area (Å²) in [5.41, 5.74) is 1.85. The molecule has 0 aliphatic heterocycles. The Morgan fingerprint density at radius 1 is 1.09 bits per heavy atom. The number of aromatic nitrogens is 4. The molecule has 2 aromatic heterocycles. The number of imidazole rings is 1. The van der Waals surface area contributed by atoms with Gasteiger partial charge in [-0.3, -0.25) is 9.69 Å². The van der Waals surface area contributed by atoms with Gasteiger partial charge in [0.2, 0.25) is 5.95 Å². The van der Waals surface area contributed by atoms with E-state index < -0.39 is 0 Å². The van der Waals surface area contributed by atoms with E-state index in [9.17, 15) is 4.79 Å². The second kappa shape index (κ2) is 8.99. The zero-order valence-electron chi connectivity index (χ0n) is 18.0. The third-order valence-corrected chi connectivity index (χ3v) is 5.22. The predicted octanol–water partition coefficient (Wildman–Crippen LogP) is 4.50. The topological polar surface area (TPSA) is 108 Å². The van der Waals surface area contributed by atoms with E-state index in [2.05, 4.69) is 30.6 Å². The molecule has 0 radical (unpaired) electrons. The summed E-state index contributed by atoms with van der Waals surface area (Å²) >= 11 is 0. The number of methoxy groups -OCH3 is 1. The number of ether oxygens (including phenoxy) is 1. The van der Waals surface area contributed by atoms with Crippen molar-refractivity contribution in [3.63, 3.8) is 0 Å². The summed E-state index contributed by atoms with van der Waals surface area (Å²) in [4.78, 5) is 30.9. The molecule has 0 spiro atoms. The summed E-state index contributed by atoms with van der Waals surface area (Å²) in [5.74, 6) is 2.30. The van der Waals surface area contributed by atoms with E-state index in [-0.39, 0.29) is 5.91 Å². The first-order chi connectivity index (χ1) is 16.2. The number of amides is 1. The van der Waals surface area contributed by atoms with E-state index in [4.69, 9.17) is 4.74 Å². The molecule has 0 bridgehead atoms. The highest BCUT2D eigenvalue weighted by Gasteiger charge is 2.24. The first-order valence-electron chi connectivity index (χ1n) is 10.6. The largest absolute Gasteiger partial charge is 0.495 e. The minimum Gasteiger partial charge on any atom is -0.495 e. The van der Waals surface area contributed by atoms with Crippen molar-refractivity contribution in [3.05, 3.63) is 78.9 Å². The maximum atomic E-state index is 12.7. The highest BCUT2D eigenvalue weighted by Crippen LogP contribution is 2.40. The van der Waals surface area contributed by atoms with Crippen LogP contribution in [0.4, 0.5) is 29.0 Å². The molecule has 1 amide bonds. The molecule has 2 heterocycles. The lowest BCUT2D eigenvalue weighted by Crippen LogP contribution is -2.16. The fourth-order valence-electron chi connectivity index (χ4n) is 3.45. The fraction of sp³-hybridized carbons (Fsp3) is 0.167. The molecule has 166 valence electrons. The number of hydrogen-bond acceptors (Lipinski definition) is 7. The van der Waals surface area contributed by atoms with E-state index in [1.54, 1.807) is 43.8 Å². The molecule has 4 aromatic rings. The second-order valence-electron chi connectivity index (χ2n) is 7.64. The molecule has 9 heteroatoms. The van der Waals surface area contributed by atoms with E-state index in [1.807, 2.05) is 35.2 Å². The zero-order chi connectivity index (χ0) is 22.6. The van der Waals surface area contributed by atoms with Gasteiger partial charge in [0.05, 0.1) is 12.8 Å². The number of carbonyl (C=O) groups is 1. The van der Waals surface area contributed by atoms with Crippen molar-refractivity contribution < 1.29 is 9.53 Å². The van der Waals surface area contributed by atoms with Crippen molar-refractivity contribution in [2.45, 2.75) is 18.9 Å². The Hall–Kier alpha value is -4.40. The molecular weight excluding hydrogens is 418 g/mol. The number of H-pyrrole nitrogens is 1. The van der Waals surface area contributed by atoms with Gasteiger partial charge in [0, 0.05) is 35.8 Å². The SMILES string of the molecule is COc1ccc(NC(=O)c2ccccc2)cc1N(c1cc(NC2CC2)ncn1)c1ncc[nH]1. The summed E-state index contributed by atoms with van der Waals surface area (Å²) in [6.07, 6.45) is 7.20. The van der Waals surface area contributed by atoms with Gasteiger partial charge in [-0.05, 0) is 43.2 Å². The molecule has 5 rings (SSSR count). The molecule has 1 aliphatic carbocycles.